The van der Waals surface area contributed by atoms with Crippen molar-refractivity contribution in [2.24, 2.45) is 11.7 Å². The summed E-state index contributed by atoms with van der Waals surface area (Å²) in [6.07, 6.45) is 3.98. The maximum atomic E-state index is 6.10. The molecule has 1 saturated carbocycles. The summed E-state index contributed by atoms with van der Waals surface area (Å²) in [5.74, 6) is 0.921. The number of hydrogen-bond donors (Lipinski definition) is 1. The van der Waals surface area contributed by atoms with Crippen LogP contribution >= 0.6 is 0 Å². The van der Waals surface area contributed by atoms with E-state index in [1.807, 2.05) is 0 Å². The summed E-state index contributed by atoms with van der Waals surface area (Å²) in [6, 6.07) is 7.35. The molecule has 0 bridgehead atoms. The van der Waals surface area contributed by atoms with E-state index in [2.05, 4.69) is 42.0 Å². The Labute approximate surface area is 122 Å². The molecule has 1 aliphatic carbocycles. The molecule has 1 aromatic rings. The van der Waals surface area contributed by atoms with Crippen molar-refractivity contribution >= 4 is 5.69 Å². The number of anilines is 1. The first-order chi connectivity index (χ1) is 9.72. The lowest BCUT2D eigenvalue weighted by Gasteiger charge is -2.30. The molecular weight excluding hydrogens is 246 g/mol. The van der Waals surface area contributed by atoms with Gasteiger partial charge in [-0.25, -0.2) is 0 Å². The fraction of sp³-hybridized carbons (Fsp3) is 0.647. The van der Waals surface area contributed by atoms with Gasteiger partial charge in [-0.1, -0.05) is 19.1 Å². The van der Waals surface area contributed by atoms with Crippen LogP contribution < -0.4 is 10.6 Å². The Morgan fingerprint density at radius 1 is 1.40 bits per heavy atom. The Kier molecular flexibility index (Phi) is 3.99. The number of fused-ring (bicyclic) bond motifs is 1. The molecule has 0 radical (unpaired) electrons. The Morgan fingerprint density at radius 2 is 2.20 bits per heavy atom. The second kappa shape index (κ2) is 5.74. The molecule has 1 unspecified atom stereocenters. The van der Waals surface area contributed by atoms with Crippen molar-refractivity contribution in [3.05, 3.63) is 29.3 Å². The molecule has 0 aromatic heterocycles. The molecule has 1 aromatic carbocycles. The Bertz CT molecular complexity index is 467. The minimum Gasteiger partial charge on any atom is -0.374 e. The maximum Gasteiger partial charge on any atom is 0.0470 e. The van der Waals surface area contributed by atoms with Crippen molar-refractivity contribution in [3.63, 3.8) is 0 Å². The average molecular weight is 273 g/mol. The smallest absolute Gasteiger partial charge is 0.0470 e. The quantitative estimate of drug-likeness (QED) is 0.864. The summed E-state index contributed by atoms with van der Waals surface area (Å²) in [5, 5.41) is 0. The summed E-state index contributed by atoms with van der Waals surface area (Å²) in [4.78, 5) is 4.91. The van der Waals surface area contributed by atoms with Gasteiger partial charge in [0.2, 0.25) is 0 Å². The van der Waals surface area contributed by atoms with Crippen LogP contribution in [-0.4, -0.2) is 38.1 Å². The molecule has 1 aliphatic heterocycles. The molecule has 1 fully saturated rings. The van der Waals surface area contributed by atoms with Crippen LogP contribution in [0.2, 0.25) is 0 Å². The number of likely N-dealkylation sites (N-methyl/N-ethyl adjacent to an activating group) is 2. The standard InChI is InChI=1S/C17H27N3/c1-3-20(12-13-4-5-13)17(11-18)14-6-7-16-15(10-14)8-9-19(16)2/h6-7,10,13,17H,3-5,8-9,11-12,18H2,1-2H3. The number of nitrogens with two attached hydrogens (primary N) is 1. The van der Waals surface area contributed by atoms with E-state index in [1.54, 1.807) is 0 Å². The highest BCUT2D eigenvalue weighted by atomic mass is 15.2. The van der Waals surface area contributed by atoms with Crippen LogP contribution in [-0.2, 0) is 6.42 Å². The third kappa shape index (κ3) is 2.70. The molecule has 110 valence electrons. The molecule has 20 heavy (non-hydrogen) atoms. The third-order valence-corrected chi connectivity index (χ3v) is 4.88. The molecule has 3 heteroatoms. The van der Waals surface area contributed by atoms with Crippen molar-refractivity contribution in [2.75, 3.05) is 38.1 Å². The van der Waals surface area contributed by atoms with E-state index in [1.165, 1.54) is 42.6 Å². The van der Waals surface area contributed by atoms with Crippen molar-refractivity contribution in [3.8, 4) is 0 Å². The van der Waals surface area contributed by atoms with Crippen LogP contribution in [0.25, 0.3) is 0 Å². The first-order valence-corrected chi connectivity index (χ1v) is 8.01. The van der Waals surface area contributed by atoms with Gasteiger partial charge >= 0.3 is 0 Å². The van der Waals surface area contributed by atoms with Crippen LogP contribution in [0, 0.1) is 5.92 Å². The Balaban J connectivity index is 1.81. The fourth-order valence-electron chi connectivity index (χ4n) is 3.40. The van der Waals surface area contributed by atoms with E-state index in [0.717, 1.165) is 25.6 Å². The van der Waals surface area contributed by atoms with Gasteiger partial charge in [0.15, 0.2) is 0 Å². The highest BCUT2D eigenvalue weighted by Crippen LogP contribution is 2.34. The van der Waals surface area contributed by atoms with E-state index in [4.69, 9.17) is 5.73 Å². The van der Waals surface area contributed by atoms with Gasteiger partial charge in [0.05, 0.1) is 0 Å². The lowest BCUT2D eigenvalue weighted by molar-refractivity contribution is 0.203. The molecule has 0 amide bonds. The van der Waals surface area contributed by atoms with Crippen LogP contribution in [0.1, 0.15) is 36.9 Å². The average Bonchev–Trinajstić information content (AvgIpc) is 3.21. The van der Waals surface area contributed by atoms with Crippen LogP contribution in [0.3, 0.4) is 0 Å². The summed E-state index contributed by atoms with van der Waals surface area (Å²) >= 11 is 0. The number of nitrogens with zero attached hydrogens (tertiary/aromatic N) is 2. The molecular formula is C17H27N3. The molecule has 2 N–H and O–H groups in total. The summed E-state index contributed by atoms with van der Waals surface area (Å²) in [6.45, 7) is 6.43. The molecule has 2 aliphatic rings. The van der Waals surface area contributed by atoms with Gasteiger partial charge in [-0.05, 0) is 48.9 Å². The summed E-state index contributed by atoms with van der Waals surface area (Å²) in [5.41, 5.74) is 10.4. The van der Waals surface area contributed by atoms with E-state index < -0.39 is 0 Å². The Hall–Kier alpha value is -1.06. The summed E-state index contributed by atoms with van der Waals surface area (Å²) in [7, 11) is 2.18. The van der Waals surface area contributed by atoms with Gasteiger partial charge in [0.25, 0.3) is 0 Å². The molecule has 1 heterocycles. The van der Waals surface area contributed by atoms with Crippen molar-refractivity contribution in [1.82, 2.24) is 4.90 Å². The van der Waals surface area contributed by atoms with Gasteiger partial charge in [-0.2, -0.15) is 0 Å². The van der Waals surface area contributed by atoms with Gasteiger partial charge in [0, 0.05) is 38.4 Å². The second-order valence-electron chi connectivity index (χ2n) is 6.34. The van der Waals surface area contributed by atoms with E-state index in [-0.39, 0.29) is 0 Å². The Morgan fingerprint density at radius 3 is 2.85 bits per heavy atom. The molecule has 0 saturated heterocycles. The zero-order chi connectivity index (χ0) is 14.1. The van der Waals surface area contributed by atoms with Crippen molar-refractivity contribution in [1.29, 1.82) is 0 Å². The minimum absolute atomic E-state index is 0.386. The number of benzene rings is 1. The van der Waals surface area contributed by atoms with E-state index in [9.17, 15) is 0 Å². The fourth-order valence-corrected chi connectivity index (χ4v) is 3.40. The summed E-state index contributed by atoms with van der Waals surface area (Å²) < 4.78 is 0. The predicted octanol–water partition coefficient (Wildman–Crippen LogP) is 2.41. The molecule has 0 spiro atoms. The van der Waals surface area contributed by atoms with Gasteiger partial charge in [-0.15, -0.1) is 0 Å². The highest BCUT2D eigenvalue weighted by molar-refractivity contribution is 5.58. The zero-order valence-electron chi connectivity index (χ0n) is 12.8. The molecule has 3 rings (SSSR count). The largest absolute Gasteiger partial charge is 0.374 e. The van der Waals surface area contributed by atoms with Crippen molar-refractivity contribution < 1.29 is 0 Å². The molecule has 3 nitrogen and oxygen atoms in total. The molecule has 1 atom stereocenters. The maximum absolute atomic E-state index is 6.10. The van der Waals surface area contributed by atoms with E-state index in [0.29, 0.717) is 6.04 Å². The second-order valence-corrected chi connectivity index (χ2v) is 6.34. The van der Waals surface area contributed by atoms with Gasteiger partial charge in [0.1, 0.15) is 0 Å². The lowest BCUT2D eigenvalue weighted by Crippen LogP contribution is -2.35. The number of hydrogen-bond acceptors (Lipinski definition) is 3. The normalized spacial score (nSPS) is 19.5. The highest BCUT2D eigenvalue weighted by Gasteiger charge is 2.28. The monoisotopic (exact) mass is 273 g/mol. The van der Waals surface area contributed by atoms with Gasteiger partial charge in [-0.3, -0.25) is 4.90 Å². The van der Waals surface area contributed by atoms with Gasteiger partial charge < -0.3 is 10.6 Å². The van der Waals surface area contributed by atoms with Crippen LogP contribution in [0.4, 0.5) is 5.69 Å². The zero-order valence-corrected chi connectivity index (χ0v) is 12.8. The topological polar surface area (TPSA) is 32.5 Å². The predicted molar refractivity (Wildman–Crippen MR) is 85.2 cm³/mol. The first kappa shape index (κ1) is 13.9. The third-order valence-electron chi connectivity index (χ3n) is 4.88. The van der Waals surface area contributed by atoms with Crippen LogP contribution in [0.15, 0.2) is 18.2 Å². The van der Waals surface area contributed by atoms with E-state index >= 15 is 0 Å². The lowest BCUT2D eigenvalue weighted by atomic mass is 10.0. The SMILES string of the molecule is CCN(CC1CC1)C(CN)c1ccc2c(c1)CCN2C. The minimum atomic E-state index is 0.386. The first-order valence-electron chi connectivity index (χ1n) is 8.01. The van der Waals surface area contributed by atoms with Crippen molar-refractivity contribution in [2.45, 2.75) is 32.2 Å². The number of rotatable bonds is 6. The van der Waals surface area contributed by atoms with Crippen LogP contribution in [0.5, 0.6) is 0 Å².